The molecule has 4 aliphatic rings. The van der Waals surface area contributed by atoms with Crippen LogP contribution in [0, 0.1) is 5.92 Å². The molecule has 0 radical (unpaired) electrons. The number of hydrogen-bond donors (Lipinski definition) is 0. The molecule has 38 heavy (non-hydrogen) atoms. The fourth-order valence-corrected chi connectivity index (χ4v) is 6.19. The molecule has 1 aliphatic carbocycles. The summed E-state index contributed by atoms with van der Waals surface area (Å²) in [5, 5.41) is 13.0. The lowest BCUT2D eigenvalue weighted by Crippen LogP contribution is -2.54. The molecule has 1 atom stereocenters. The number of hydrogen-bond acceptors (Lipinski definition) is 7. The summed E-state index contributed by atoms with van der Waals surface area (Å²) in [6.07, 6.45) is 3.17. The Labute approximate surface area is 223 Å². The standard InChI is InChI=1S/C28H35N7O3/c1-37-24-10-6-9-23(26(24)38-2)25(27-29-30-31-35(27)12-11-20-7-4-3-5-8-20)32-13-15-33(16-14-32)28(36)34-19-21-17-22(34)18-21/h3-10,21-22,25H,11-19H2,1-2H3. The molecule has 4 fully saturated rings. The summed E-state index contributed by atoms with van der Waals surface area (Å²) in [6, 6.07) is 16.7. The number of amides is 2. The minimum atomic E-state index is -0.248. The van der Waals surface area contributed by atoms with E-state index in [-0.39, 0.29) is 12.1 Å². The van der Waals surface area contributed by atoms with Gasteiger partial charge in [0.25, 0.3) is 0 Å². The number of carbonyl (C=O) groups excluding carboxylic acids is 1. The quantitative estimate of drug-likeness (QED) is 0.454. The van der Waals surface area contributed by atoms with E-state index in [1.165, 1.54) is 18.4 Å². The minimum absolute atomic E-state index is 0.192. The van der Waals surface area contributed by atoms with Crippen LogP contribution in [0.4, 0.5) is 4.79 Å². The highest BCUT2D eigenvalue weighted by Gasteiger charge is 2.46. The van der Waals surface area contributed by atoms with Gasteiger partial charge < -0.3 is 19.3 Å². The molecule has 10 heteroatoms. The van der Waals surface area contributed by atoms with E-state index in [1.54, 1.807) is 14.2 Å². The van der Waals surface area contributed by atoms with Crippen LogP contribution >= 0.6 is 0 Å². The average Bonchev–Trinajstić information content (AvgIpc) is 3.69. The number of rotatable bonds is 8. The molecule has 2 bridgehead atoms. The maximum absolute atomic E-state index is 13.2. The first kappa shape index (κ1) is 24.7. The Morgan fingerprint density at radius 3 is 2.47 bits per heavy atom. The van der Waals surface area contributed by atoms with Crippen LogP contribution in [-0.4, -0.2) is 93.9 Å². The van der Waals surface area contributed by atoms with Crippen molar-refractivity contribution in [2.75, 3.05) is 46.9 Å². The molecule has 3 aliphatic heterocycles. The van der Waals surface area contributed by atoms with Crippen molar-refractivity contribution in [2.24, 2.45) is 5.92 Å². The number of ether oxygens (including phenoxy) is 2. The highest BCUT2D eigenvalue weighted by Crippen LogP contribution is 2.42. The van der Waals surface area contributed by atoms with Crippen LogP contribution in [0.2, 0.25) is 0 Å². The van der Waals surface area contributed by atoms with Crippen molar-refractivity contribution in [1.29, 1.82) is 0 Å². The molecule has 3 saturated heterocycles. The lowest BCUT2D eigenvalue weighted by Gasteiger charge is -2.40. The Kier molecular flexibility index (Phi) is 6.88. The van der Waals surface area contributed by atoms with Gasteiger partial charge in [-0.2, -0.15) is 0 Å². The summed E-state index contributed by atoms with van der Waals surface area (Å²) in [4.78, 5) is 19.7. The molecular weight excluding hydrogens is 482 g/mol. The molecule has 0 N–H and O–H groups in total. The van der Waals surface area contributed by atoms with Gasteiger partial charge in [0, 0.05) is 50.9 Å². The molecule has 2 amide bonds. The smallest absolute Gasteiger partial charge is 0.320 e. The Morgan fingerprint density at radius 1 is 1.00 bits per heavy atom. The van der Waals surface area contributed by atoms with E-state index in [0.29, 0.717) is 56.2 Å². The number of benzene rings is 2. The Hall–Kier alpha value is -3.66. The zero-order valence-corrected chi connectivity index (χ0v) is 22.1. The molecule has 10 nitrogen and oxygen atoms in total. The van der Waals surface area contributed by atoms with Crippen LogP contribution < -0.4 is 9.47 Å². The molecule has 2 aromatic carbocycles. The van der Waals surface area contributed by atoms with Crippen molar-refractivity contribution in [1.82, 2.24) is 34.9 Å². The van der Waals surface area contributed by atoms with Crippen molar-refractivity contribution < 1.29 is 14.3 Å². The number of aryl methyl sites for hydroxylation is 2. The first-order valence-corrected chi connectivity index (χ1v) is 13.5. The number of aromatic nitrogens is 4. The molecule has 7 rings (SSSR count). The summed E-state index contributed by atoms with van der Waals surface area (Å²) in [5.41, 5.74) is 2.18. The summed E-state index contributed by atoms with van der Waals surface area (Å²) in [5.74, 6) is 2.81. The van der Waals surface area contributed by atoms with Crippen LogP contribution in [0.15, 0.2) is 48.5 Å². The van der Waals surface area contributed by atoms with Gasteiger partial charge in [-0.15, -0.1) is 5.10 Å². The second kappa shape index (κ2) is 10.6. The second-order valence-corrected chi connectivity index (χ2v) is 10.4. The van der Waals surface area contributed by atoms with Crippen LogP contribution in [-0.2, 0) is 13.0 Å². The first-order valence-electron chi connectivity index (χ1n) is 13.5. The second-order valence-electron chi connectivity index (χ2n) is 10.4. The lowest BCUT2D eigenvalue weighted by atomic mass is 9.86. The number of carbonyl (C=O) groups is 1. The van der Waals surface area contributed by atoms with Gasteiger partial charge in [0.1, 0.15) is 6.04 Å². The van der Waals surface area contributed by atoms with Crippen molar-refractivity contribution in [2.45, 2.75) is 37.9 Å². The van der Waals surface area contributed by atoms with E-state index in [2.05, 4.69) is 43.5 Å². The maximum atomic E-state index is 13.2. The normalized spacial score (nSPS) is 21.7. The number of nitrogens with zero attached hydrogens (tertiary/aromatic N) is 7. The van der Waals surface area contributed by atoms with Gasteiger partial charge in [0.15, 0.2) is 17.3 Å². The van der Waals surface area contributed by atoms with Gasteiger partial charge in [-0.05, 0) is 47.2 Å². The molecule has 0 spiro atoms. The molecule has 1 saturated carbocycles. The van der Waals surface area contributed by atoms with E-state index in [4.69, 9.17) is 9.47 Å². The van der Waals surface area contributed by atoms with Crippen molar-refractivity contribution in [3.63, 3.8) is 0 Å². The first-order chi connectivity index (χ1) is 18.7. The molecule has 200 valence electrons. The topological polar surface area (TPSA) is 88.9 Å². The Balaban J connectivity index is 1.27. The molecule has 1 unspecified atom stereocenters. The maximum Gasteiger partial charge on any atom is 0.320 e. The number of urea groups is 1. The van der Waals surface area contributed by atoms with Gasteiger partial charge in [0.2, 0.25) is 0 Å². The van der Waals surface area contributed by atoms with Gasteiger partial charge in [-0.1, -0.05) is 42.5 Å². The van der Waals surface area contributed by atoms with Crippen LogP contribution in [0.5, 0.6) is 11.5 Å². The van der Waals surface area contributed by atoms with Gasteiger partial charge in [-0.3, -0.25) is 4.90 Å². The fourth-order valence-electron chi connectivity index (χ4n) is 6.19. The van der Waals surface area contributed by atoms with Crippen LogP contribution in [0.3, 0.4) is 0 Å². The number of fused-ring (bicyclic) bond motifs is 1. The van der Waals surface area contributed by atoms with Crippen LogP contribution in [0.1, 0.15) is 35.8 Å². The highest BCUT2D eigenvalue weighted by molar-refractivity contribution is 5.76. The minimum Gasteiger partial charge on any atom is -0.493 e. The van der Waals surface area contributed by atoms with Crippen LogP contribution in [0.25, 0.3) is 0 Å². The monoisotopic (exact) mass is 517 g/mol. The zero-order valence-electron chi connectivity index (χ0n) is 22.1. The summed E-state index contributed by atoms with van der Waals surface area (Å²) in [7, 11) is 3.31. The SMILES string of the molecule is COc1cccc(C(c2nnnn2CCc2ccccc2)N2CCN(C(=O)N3CC4CC3C4)CC2)c1OC. The number of para-hydroxylation sites is 1. The third-order valence-electron chi connectivity index (χ3n) is 8.29. The van der Waals surface area contributed by atoms with Crippen molar-refractivity contribution >= 4 is 6.03 Å². The predicted octanol–water partition coefficient (Wildman–Crippen LogP) is 2.85. The third kappa shape index (κ3) is 4.57. The molecule has 3 aromatic rings. The number of tetrazole rings is 1. The average molecular weight is 518 g/mol. The predicted molar refractivity (Wildman–Crippen MR) is 141 cm³/mol. The zero-order chi connectivity index (χ0) is 26.1. The highest BCUT2D eigenvalue weighted by atomic mass is 16.5. The fraction of sp³-hybridized carbons (Fsp3) is 0.500. The van der Waals surface area contributed by atoms with E-state index in [1.807, 2.05) is 39.9 Å². The summed E-state index contributed by atoms with van der Waals surface area (Å²) < 4.78 is 13.4. The Bertz CT molecular complexity index is 1250. The van der Waals surface area contributed by atoms with E-state index in [9.17, 15) is 4.79 Å². The lowest BCUT2D eigenvalue weighted by molar-refractivity contribution is 0.0949. The van der Waals surface area contributed by atoms with Gasteiger partial charge in [-0.25, -0.2) is 9.48 Å². The molecule has 1 aromatic heterocycles. The molecular formula is C28H35N7O3. The number of piperazine rings is 1. The van der Waals surface area contributed by atoms with Crippen molar-refractivity contribution in [3.05, 3.63) is 65.5 Å². The largest absolute Gasteiger partial charge is 0.493 e. The number of methoxy groups -OCH3 is 2. The third-order valence-corrected chi connectivity index (χ3v) is 8.29. The Morgan fingerprint density at radius 2 is 1.79 bits per heavy atom. The van der Waals surface area contributed by atoms with Crippen molar-refractivity contribution in [3.8, 4) is 11.5 Å². The van der Waals surface area contributed by atoms with E-state index >= 15 is 0 Å². The van der Waals surface area contributed by atoms with E-state index in [0.717, 1.165) is 24.4 Å². The molecule has 4 heterocycles. The van der Waals surface area contributed by atoms with Gasteiger partial charge >= 0.3 is 6.03 Å². The van der Waals surface area contributed by atoms with E-state index < -0.39 is 0 Å². The summed E-state index contributed by atoms with van der Waals surface area (Å²) in [6.45, 7) is 4.34. The van der Waals surface area contributed by atoms with Gasteiger partial charge in [0.05, 0.1) is 14.2 Å². The summed E-state index contributed by atoms with van der Waals surface area (Å²) >= 11 is 0.